The molecule has 0 saturated heterocycles. The van der Waals surface area contributed by atoms with Crippen molar-refractivity contribution < 1.29 is 19.8 Å². The largest absolute Gasteiger partial charge is 0.351 e. The van der Waals surface area contributed by atoms with E-state index in [1.54, 1.807) is 0 Å². The number of nitrogens with one attached hydrogen (secondary N) is 1. The van der Waals surface area contributed by atoms with Crippen molar-refractivity contribution >= 4 is 11.7 Å². The third-order valence-electron chi connectivity index (χ3n) is 8.98. The lowest BCUT2D eigenvalue weighted by Crippen LogP contribution is -2.45. The Kier molecular flexibility index (Phi) is 5.54. The Labute approximate surface area is 210 Å². The SMILES string of the molecule is O=C(CC1c2ccccc2-c2cncn21)C12CCCC(C(=O)NCc3ccc(F)cc3F)(CC1)CC2.[HH]. The first kappa shape index (κ1) is 23.1. The first-order chi connectivity index (χ1) is 17.4. The first-order valence-corrected chi connectivity index (χ1v) is 12.8. The van der Waals surface area contributed by atoms with Gasteiger partial charge in [0.2, 0.25) is 5.91 Å². The minimum atomic E-state index is -0.656. The van der Waals surface area contributed by atoms with Gasteiger partial charge in [0.15, 0.2) is 0 Å². The van der Waals surface area contributed by atoms with Gasteiger partial charge in [-0.1, -0.05) is 36.8 Å². The summed E-state index contributed by atoms with van der Waals surface area (Å²) in [6.45, 7) is 0.0328. The number of carbonyl (C=O) groups is 2. The molecule has 3 aromatic rings. The van der Waals surface area contributed by atoms with Crippen LogP contribution in [0.2, 0.25) is 0 Å². The molecule has 1 N–H and O–H groups in total. The molecule has 1 atom stereocenters. The molecule has 2 bridgehead atoms. The Morgan fingerprint density at radius 3 is 2.58 bits per heavy atom. The smallest absolute Gasteiger partial charge is 0.226 e. The average molecular weight is 492 g/mol. The van der Waals surface area contributed by atoms with Crippen molar-refractivity contribution in [2.24, 2.45) is 10.8 Å². The van der Waals surface area contributed by atoms with E-state index in [1.807, 2.05) is 24.7 Å². The highest BCUT2D eigenvalue weighted by Gasteiger charge is 2.52. The Morgan fingerprint density at radius 2 is 1.78 bits per heavy atom. The van der Waals surface area contributed by atoms with Gasteiger partial charge < -0.3 is 9.88 Å². The van der Waals surface area contributed by atoms with Crippen LogP contribution in [0.15, 0.2) is 55.0 Å². The van der Waals surface area contributed by atoms with Crippen molar-refractivity contribution in [1.29, 1.82) is 0 Å². The van der Waals surface area contributed by atoms with Gasteiger partial charge in [-0.2, -0.15) is 0 Å². The Bertz CT molecular complexity index is 1350. The van der Waals surface area contributed by atoms with Crippen LogP contribution < -0.4 is 5.32 Å². The zero-order valence-corrected chi connectivity index (χ0v) is 20.1. The molecule has 1 amide bonds. The highest BCUT2D eigenvalue weighted by atomic mass is 19.1. The third-order valence-corrected chi connectivity index (χ3v) is 8.98. The van der Waals surface area contributed by atoms with Gasteiger partial charge in [0.05, 0.1) is 24.3 Å². The van der Waals surface area contributed by atoms with Gasteiger partial charge in [0, 0.05) is 42.4 Å². The van der Waals surface area contributed by atoms with Gasteiger partial charge >= 0.3 is 0 Å². The van der Waals surface area contributed by atoms with Gasteiger partial charge in [-0.15, -0.1) is 0 Å². The van der Waals surface area contributed by atoms with E-state index in [-0.39, 0.29) is 36.7 Å². The van der Waals surface area contributed by atoms with E-state index in [0.29, 0.717) is 32.1 Å². The van der Waals surface area contributed by atoms with Crippen LogP contribution in [0.5, 0.6) is 0 Å². The molecule has 0 radical (unpaired) electrons. The topological polar surface area (TPSA) is 64.0 Å². The molecule has 2 aromatic carbocycles. The Balaban J connectivity index is 0.00000280. The molecule has 3 fully saturated rings. The van der Waals surface area contributed by atoms with Crippen LogP contribution in [0.3, 0.4) is 0 Å². The molecule has 188 valence electrons. The van der Waals surface area contributed by atoms with Crippen LogP contribution in [0.1, 0.15) is 70.0 Å². The summed E-state index contributed by atoms with van der Waals surface area (Å²) in [4.78, 5) is 31.5. The summed E-state index contributed by atoms with van der Waals surface area (Å²) in [5.41, 5.74) is 2.73. The number of hydrogen-bond donors (Lipinski definition) is 1. The van der Waals surface area contributed by atoms with Crippen LogP contribution in [-0.4, -0.2) is 21.2 Å². The molecule has 0 spiro atoms. The van der Waals surface area contributed by atoms with E-state index < -0.39 is 17.0 Å². The molecule has 4 aliphatic rings. The number of imidazole rings is 1. The van der Waals surface area contributed by atoms with Crippen molar-refractivity contribution in [3.63, 3.8) is 0 Å². The highest BCUT2D eigenvalue weighted by molar-refractivity contribution is 5.88. The lowest BCUT2D eigenvalue weighted by atomic mass is 9.62. The van der Waals surface area contributed by atoms with E-state index in [1.165, 1.54) is 17.7 Å². The summed E-state index contributed by atoms with van der Waals surface area (Å²) < 4.78 is 29.3. The number of amides is 1. The summed E-state index contributed by atoms with van der Waals surface area (Å²) in [5, 5.41) is 2.90. The maximum atomic E-state index is 14.0. The van der Waals surface area contributed by atoms with Crippen LogP contribution in [0.25, 0.3) is 11.3 Å². The van der Waals surface area contributed by atoms with E-state index >= 15 is 0 Å². The molecule has 36 heavy (non-hydrogen) atoms. The maximum absolute atomic E-state index is 14.0. The zero-order valence-electron chi connectivity index (χ0n) is 20.1. The summed E-state index contributed by atoms with van der Waals surface area (Å²) in [6.07, 6.45) is 9.20. The van der Waals surface area contributed by atoms with Gasteiger partial charge in [0.1, 0.15) is 17.4 Å². The molecule has 2 heterocycles. The lowest BCUT2D eigenvalue weighted by molar-refractivity contribution is -0.139. The predicted molar refractivity (Wildman–Crippen MR) is 133 cm³/mol. The van der Waals surface area contributed by atoms with Gasteiger partial charge in [0.25, 0.3) is 0 Å². The van der Waals surface area contributed by atoms with Gasteiger partial charge in [-0.3, -0.25) is 9.59 Å². The molecule has 7 heteroatoms. The Morgan fingerprint density at radius 1 is 1.03 bits per heavy atom. The fourth-order valence-electron chi connectivity index (χ4n) is 6.79. The van der Waals surface area contributed by atoms with E-state index in [2.05, 4.69) is 27.0 Å². The lowest BCUT2D eigenvalue weighted by Gasteiger charge is -2.41. The maximum Gasteiger partial charge on any atom is 0.226 e. The monoisotopic (exact) mass is 491 g/mol. The summed E-state index contributed by atoms with van der Waals surface area (Å²) in [7, 11) is 0. The quantitative estimate of drug-likeness (QED) is 0.461. The van der Waals surface area contributed by atoms with Gasteiger partial charge in [-0.05, 0) is 50.2 Å². The van der Waals surface area contributed by atoms with Crippen LogP contribution in [-0.2, 0) is 16.1 Å². The molecule has 3 saturated carbocycles. The second kappa shape index (κ2) is 8.64. The molecule has 1 aliphatic heterocycles. The van der Waals surface area contributed by atoms with Crippen molar-refractivity contribution in [2.75, 3.05) is 0 Å². The van der Waals surface area contributed by atoms with Crippen molar-refractivity contribution in [3.8, 4) is 11.3 Å². The van der Waals surface area contributed by atoms with Crippen molar-refractivity contribution in [2.45, 2.75) is 64.0 Å². The summed E-state index contributed by atoms with van der Waals surface area (Å²) in [5.74, 6) is -1.09. The van der Waals surface area contributed by atoms with Crippen LogP contribution in [0, 0.1) is 22.5 Å². The normalized spacial score (nSPS) is 26.2. The fourth-order valence-corrected chi connectivity index (χ4v) is 6.79. The number of rotatable bonds is 6. The molecule has 3 aliphatic carbocycles. The number of carbonyl (C=O) groups excluding carboxylic acids is 2. The van der Waals surface area contributed by atoms with E-state index in [0.717, 1.165) is 36.6 Å². The number of nitrogens with zero attached hydrogens (tertiary/aromatic N) is 2. The fraction of sp³-hybridized carbons (Fsp3) is 0.414. The molecule has 1 aromatic heterocycles. The standard InChI is InChI=1S/C29H29F2N3O2.H2/c30-20-7-6-19(23(31)14-20)16-33-27(36)29-9-3-8-28(10-12-29,11-13-29)26(35)15-24-21-4-1-2-5-22(21)25-17-32-18-34(24)25;/h1-2,4-7,14,17-18,24H,3,8-13,15-16H2,(H,33,36);1H. The van der Waals surface area contributed by atoms with Gasteiger partial charge in [-0.25, -0.2) is 13.8 Å². The second-order valence-electron chi connectivity index (χ2n) is 10.7. The summed E-state index contributed by atoms with van der Waals surface area (Å²) >= 11 is 0. The van der Waals surface area contributed by atoms with Crippen molar-refractivity contribution in [3.05, 3.63) is 77.8 Å². The molecule has 1 unspecified atom stereocenters. The number of halogens is 2. The van der Waals surface area contributed by atoms with Crippen LogP contribution in [0.4, 0.5) is 8.78 Å². The Hall–Kier alpha value is -3.35. The molecule has 7 rings (SSSR count). The minimum absolute atomic E-state index is 0. The predicted octanol–water partition coefficient (Wildman–Crippen LogP) is 5.98. The number of aromatic nitrogens is 2. The first-order valence-electron chi connectivity index (χ1n) is 12.8. The molecular formula is C29H31F2N3O2. The van der Waals surface area contributed by atoms with E-state index in [4.69, 9.17) is 0 Å². The van der Waals surface area contributed by atoms with Crippen molar-refractivity contribution in [1.82, 2.24) is 14.9 Å². The zero-order chi connectivity index (χ0) is 24.9. The number of fused-ring (bicyclic) bond motifs is 7. The minimum Gasteiger partial charge on any atom is -0.351 e. The molecule has 5 nitrogen and oxygen atoms in total. The number of hydrogen-bond acceptors (Lipinski definition) is 3. The second-order valence-corrected chi connectivity index (χ2v) is 10.7. The number of Topliss-reactive ketones (excluding diaryl/α,β-unsaturated/α-hetero) is 1. The number of benzene rings is 2. The van der Waals surface area contributed by atoms with Crippen LogP contribution >= 0.6 is 0 Å². The third kappa shape index (κ3) is 3.67. The average Bonchev–Trinajstić information content (AvgIpc) is 3.33. The van der Waals surface area contributed by atoms with E-state index in [9.17, 15) is 18.4 Å². The highest BCUT2D eigenvalue weighted by Crippen LogP contribution is 2.56. The summed E-state index contributed by atoms with van der Waals surface area (Å²) in [6, 6.07) is 11.6. The molecular weight excluding hydrogens is 460 g/mol. The number of ketones is 1.